The van der Waals surface area contributed by atoms with Crippen molar-refractivity contribution in [3.05, 3.63) is 11.4 Å². The second-order valence-corrected chi connectivity index (χ2v) is 10.3. The van der Waals surface area contributed by atoms with Gasteiger partial charge in [-0.1, -0.05) is 5.21 Å². The number of nitrogens with zero attached hydrogens (tertiary/aromatic N) is 3. The fourth-order valence-corrected chi connectivity index (χ4v) is 4.60. The van der Waals surface area contributed by atoms with Crippen molar-refractivity contribution in [1.82, 2.24) is 20.3 Å². The van der Waals surface area contributed by atoms with Gasteiger partial charge in [0.1, 0.15) is 23.9 Å². The Morgan fingerprint density at radius 1 is 1.08 bits per heavy atom. The number of carbonyl (C=O) groups is 3. The van der Waals surface area contributed by atoms with Crippen molar-refractivity contribution < 1.29 is 47.5 Å². The van der Waals surface area contributed by atoms with E-state index in [-0.39, 0.29) is 24.5 Å². The number of hydrogen-bond donors (Lipinski definition) is 1. The molecule has 0 unspecified atom stereocenters. The summed E-state index contributed by atoms with van der Waals surface area (Å²) in [6.07, 6.45) is -2.98. The van der Waals surface area contributed by atoms with Gasteiger partial charge in [-0.3, -0.25) is 0 Å². The maximum Gasteiger partial charge on any atom is 0.407 e. The maximum absolute atomic E-state index is 12.8. The molecule has 0 aromatic carbocycles. The lowest BCUT2D eigenvalue weighted by molar-refractivity contribution is -0.233. The first-order valence-corrected chi connectivity index (χ1v) is 11.6. The Labute approximate surface area is 207 Å². The van der Waals surface area contributed by atoms with Crippen molar-refractivity contribution in [3.63, 3.8) is 0 Å². The predicted octanol–water partition coefficient (Wildman–Crippen LogP) is 0.636. The van der Waals surface area contributed by atoms with Gasteiger partial charge in [-0.05, 0) is 34.6 Å². The van der Waals surface area contributed by atoms with E-state index < -0.39 is 66.0 Å². The van der Waals surface area contributed by atoms with Crippen LogP contribution in [0, 0.1) is 5.92 Å². The molecule has 3 aliphatic rings. The van der Waals surface area contributed by atoms with Gasteiger partial charge in [-0.25, -0.2) is 19.1 Å². The molecule has 0 saturated carbocycles. The van der Waals surface area contributed by atoms with Gasteiger partial charge in [-0.2, -0.15) is 0 Å². The molecule has 0 spiro atoms. The van der Waals surface area contributed by atoms with Crippen LogP contribution in [0.4, 0.5) is 4.79 Å². The van der Waals surface area contributed by atoms with E-state index >= 15 is 0 Å². The summed E-state index contributed by atoms with van der Waals surface area (Å²) in [5.74, 6) is -2.97. The molecular formula is C22H32N4O10. The molecule has 1 aromatic heterocycles. The molecule has 14 heteroatoms. The summed E-state index contributed by atoms with van der Waals surface area (Å²) in [4.78, 5) is 37.3. The molecule has 1 amide bonds. The van der Waals surface area contributed by atoms with Crippen LogP contribution >= 0.6 is 0 Å². The number of fused-ring (bicyclic) bond motifs is 3. The number of nitrogens with one attached hydrogen (secondary N) is 1. The first-order chi connectivity index (χ1) is 16.8. The lowest BCUT2D eigenvalue weighted by Gasteiger charge is -2.40. The fraction of sp³-hybridized carbons (Fsp3) is 0.773. The van der Waals surface area contributed by atoms with Crippen LogP contribution in [-0.2, 0) is 39.7 Å². The molecule has 4 heterocycles. The van der Waals surface area contributed by atoms with Crippen LogP contribution in [0.15, 0.2) is 0 Å². The lowest BCUT2D eigenvalue weighted by Crippen LogP contribution is -2.60. The minimum Gasteiger partial charge on any atom is -0.464 e. The summed E-state index contributed by atoms with van der Waals surface area (Å²) in [6, 6.07) is -0.643. The van der Waals surface area contributed by atoms with Crippen LogP contribution < -0.4 is 5.32 Å². The third kappa shape index (κ3) is 5.16. The van der Waals surface area contributed by atoms with Gasteiger partial charge >= 0.3 is 18.0 Å². The van der Waals surface area contributed by atoms with Crippen molar-refractivity contribution in [2.24, 2.45) is 5.92 Å². The molecule has 3 saturated heterocycles. The highest BCUT2D eigenvalue weighted by Gasteiger charge is 2.60. The van der Waals surface area contributed by atoms with Crippen LogP contribution in [0.5, 0.6) is 0 Å². The number of methoxy groups -OCH3 is 2. The van der Waals surface area contributed by atoms with Crippen LogP contribution in [0.1, 0.15) is 55.6 Å². The molecular weight excluding hydrogens is 480 g/mol. The van der Waals surface area contributed by atoms with Gasteiger partial charge in [0.15, 0.2) is 17.8 Å². The molecule has 200 valence electrons. The van der Waals surface area contributed by atoms with Crippen LogP contribution in [0.3, 0.4) is 0 Å². The van der Waals surface area contributed by atoms with E-state index in [1.165, 1.54) is 11.8 Å². The molecule has 0 radical (unpaired) electrons. The largest absolute Gasteiger partial charge is 0.464 e. The van der Waals surface area contributed by atoms with E-state index in [0.717, 1.165) is 7.11 Å². The van der Waals surface area contributed by atoms with E-state index in [1.54, 1.807) is 34.6 Å². The quantitative estimate of drug-likeness (QED) is 0.434. The minimum absolute atomic E-state index is 0.0318. The normalized spacial score (nSPS) is 30.8. The summed E-state index contributed by atoms with van der Waals surface area (Å²) in [5, 5.41) is 10.6. The van der Waals surface area contributed by atoms with Crippen molar-refractivity contribution in [2.45, 2.75) is 83.2 Å². The van der Waals surface area contributed by atoms with E-state index in [2.05, 4.69) is 15.6 Å². The zero-order valence-electron chi connectivity index (χ0n) is 21.3. The number of hydrogen-bond acceptors (Lipinski definition) is 12. The van der Waals surface area contributed by atoms with Gasteiger partial charge in [-0.15, -0.1) is 5.10 Å². The Hall–Kier alpha value is -2.81. The molecule has 4 rings (SSSR count). The fourth-order valence-electron chi connectivity index (χ4n) is 4.60. The van der Waals surface area contributed by atoms with Gasteiger partial charge in [0, 0.05) is 5.92 Å². The Kier molecular flexibility index (Phi) is 6.98. The monoisotopic (exact) mass is 512 g/mol. The first-order valence-electron chi connectivity index (χ1n) is 11.6. The highest BCUT2D eigenvalue weighted by atomic mass is 16.8. The van der Waals surface area contributed by atoms with Gasteiger partial charge in [0.05, 0.1) is 33.4 Å². The molecule has 3 aliphatic heterocycles. The topological polar surface area (TPSA) is 159 Å². The molecule has 6 atom stereocenters. The molecule has 0 bridgehead atoms. The van der Waals surface area contributed by atoms with E-state index in [1.807, 2.05) is 0 Å². The third-order valence-electron chi connectivity index (χ3n) is 5.97. The van der Waals surface area contributed by atoms with Crippen molar-refractivity contribution in [1.29, 1.82) is 0 Å². The number of alkyl carbamates (subject to hydrolysis) is 1. The number of ether oxygens (including phenoxy) is 7. The number of esters is 2. The van der Waals surface area contributed by atoms with Gasteiger partial charge < -0.3 is 38.5 Å². The molecule has 1 aromatic rings. The average Bonchev–Trinajstić information content (AvgIpc) is 3.42. The lowest BCUT2D eigenvalue weighted by atomic mass is 9.88. The summed E-state index contributed by atoms with van der Waals surface area (Å²) >= 11 is 0. The zero-order valence-corrected chi connectivity index (χ0v) is 21.3. The summed E-state index contributed by atoms with van der Waals surface area (Å²) < 4.78 is 40.3. The highest BCUT2D eigenvalue weighted by Crippen LogP contribution is 2.42. The SMILES string of the molecule is COC(=O)c1nnn(C[C@@H]2CO[C@H]3[C@H](O[C@@H]4OC(C)(C)O[C@@H]43)[C@@H]2NC(=O)OC(C)(C)C)c1C(=O)OC. The van der Waals surface area contributed by atoms with Gasteiger partial charge in [0.25, 0.3) is 0 Å². The maximum atomic E-state index is 12.8. The minimum atomic E-state index is -0.839. The first kappa shape index (κ1) is 26.3. The molecule has 36 heavy (non-hydrogen) atoms. The number of amides is 1. The van der Waals surface area contributed by atoms with Gasteiger partial charge in [0.2, 0.25) is 5.69 Å². The zero-order chi connectivity index (χ0) is 26.4. The van der Waals surface area contributed by atoms with Crippen molar-refractivity contribution in [2.75, 3.05) is 20.8 Å². The Morgan fingerprint density at radius 3 is 2.42 bits per heavy atom. The third-order valence-corrected chi connectivity index (χ3v) is 5.97. The Bertz CT molecular complexity index is 1020. The molecule has 14 nitrogen and oxygen atoms in total. The van der Waals surface area contributed by atoms with Crippen LogP contribution in [0.2, 0.25) is 0 Å². The second kappa shape index (κ2) is 9.57. The molecule has 0 aliphatic carbocycles. The summed E-state index contributed by atoms with van der Waals surface area (Å²) in [7, 11) is 2.34. The smallest absolute Gasteiger partial charge is 0.407 e. The number of carbonyl (C=O) groups excluding carboxylic acids is 3. The van der Waals surface area contributed by atoms with Crippen LogP contribution in [0.25, 0.3) is 0 Å². The average molecular weight is 513 g/mol. The highest BCUT2D eigenvalue weighted by molar-refractivity contribution is 6.00. The second-order valence-electron chi connectivity index (χ2n) is 10.3. The molecule has 1 N–H and O–H groups in total. The Morgan fingerprint density at radius 2 is 1.78 bits per heavy atom. The van der Waals surface area contributed by atoms with Crippen molar-refractivity contribution >= 4 is 18.0 Å². The number of aromatic nitrogens is 3. The Balaban J connectivity index is 1.61. The van der Waals surface area contributed by atoms with Crippen molar-refractivity contribution in [3.8, 4) is 0 Å². The van der Waals surface area contributed by atoms with E-state index in [9.17, 15) is 14.4 Å². The summed E-state index contributed by atoms with van der Waals surface area (Å²) in [6.45, 7) is 9.00. The van der Waals surface area contributed by atoms with E-state index in [4.69, 9.17) is 33.2 Å². The number of rotatable bonds is 5. The predicted molar refractivity (Wildman–Crippen MR) is 118 cm³/mol. The molecule has 3 fully saturated rings. The standard InChI is InChI=1S/C22H32N4O10/c1-21(2,3)36-20(29)23-11-10(8-26-13(18(28)31-7)12(24-25-26)17(27)30-6)9-32-15-14(11)33-19-16(15)34-22(4,5)35-19/h10-11,14-16,19H,8-9H2,1-7H3,(H,23,29)/t10-,11-,14-,15+,16-,19-/m1/s1. The van der Waals surface area contributed by atoms with Crippen LogP contribution in [-0.4, -0.2) is 95.9 Å². The summed E-state index contributed by atoms with van der Waals surface area (Å²) in [5.41, 5.74) is -1.20. The van der Waals surface area contributed by atoms with E-state index in [0.29, 0.717) is 0 Å².